The molecule has 0 heterocycles. The fourth-order valence-corrected chi connectivity index (χ4v) is 3.84. The Morgan fingerprint density at radius 2 is 1.62 bits per heavy atom. The molecule has 2 saturated carbocycles. The molecule has 1 amide bonds. The quantitative estimate of drug-likeness (QED) is 0.659. The zero-order chi connectivity index (χ0) is 15.0. The van der Waals surface area contributed by atoms with E-state index in [1.807, 2.05) is 0 Å². The van der Waals surface area contributed by atoms with Crippen LogP contribution in [0.25, 0.3) is 0 Å². The van der Waals surface area contributed by atoms with E-state index in [2.05, 4.69) is 10.6 Å². The van der Waals surface area contributed by atoms with Gasteiger partial charge in [-0.1, -0.05) is 44.9 Å². The minimum Gasteiger partial charge on any atom is -0.396 e. The van der Waals surface area contributed by atoms with Crippen molar-refractivity contribution in [2.24, 2.45) is 5.41 Å². The summed E-state index contributed by atoms with van der Waals surface area (Å²) in [5, 5.41) is 16.1. The van der Waals surface area contributed by atoms with Crippen LogP contribution in [-0.4, -0.2) is 36.8 Å². The van der Waals surface area contributed by atoms with Crippen molar-refractivity contribution in [1.29, 1.82) is 0 Å². The van der Waals surface area contributed by atoms with E-state index in [1.165, 1.54) is 44.9 Å². The van der Waals surface area contributed by atoms with Gasteiger partial charge in [0.15, 0.2) is 0 Å². The van der Waals surface area contributed by atoms with Crippen molar-refractivity contribution in [3.63, 3.8) is 0 Å². The van der Waals surface area contributed by atoms with Crippen molar-refractivity contribution in [1.82, 2.24) is 10.6 Å². The third-order valence-electron chi connectivity index (χ3n) is 5.26. The molecule has 0 bridgehead atoms. The number of carbonyl (C=O) groups is 1. The molecular formula is C17H32N2O2. The number of aliphatic hydroxyl groups excluding tert-OH is 1. The lowest BCUT2D eigenvalue weighted by Crippen LogP contribution is -2.45. The van der Waals surface area contributed by atoms with Gasteiger partial charge in [-0.2, -0.15) is 0 Å². The van der Waals surface area contributed by atoms with Gasteiger partial charge < -0.3 is 15.7 Å². The Balaban J connectivity index is 1.66. The first kappa shape index (κ1) is 16.8. The highest BCUT2D eigenvalue weighted by molar-refractivity contribution is 5.78. The lowest BCUT2D eigenvalue weighted by Gasteiger charge is -2.35. The lowest BCUT2D eigenvalue weighted by molar-refractivity contribution is -0.121. The maximum Gasteiger partial charge on any atom is 0.234 e. The third-order valence-corrected chi connectivity index (χ3v) is 5.26. The average molecular weight is 296 g/mol. The second-order valence-electron chi connectivity index (χ2n) is 7.08. The largest absolute Gasteiger partial charge is 0.396 e. The summed E-state index contributed by atoms with van der Waals surface area (Å²) >= 11 is 0. The topological polar surface area (TPSA) is 61.4 Å². The molecule has 0 aliphatic heterocycles. The predicted octanol–water partition coefficient (Wildman–Crippen LogP) is 2.36. The maximum absolute atomic E-state index is 12.0. The lowest BCUT2D eigenvalue weighted by atomic mass is 9.74. The molecule has 3 N–H and O–H groups in total. The van der Waals surface area contributed by atoms with E-state index in [0.717, 1.165) is 32.2 Å². The zero-order valence-corrected chi connectivity index (χ0v) is 13.3. The Morgan fingerprint density at radius 3 is 2.24 bits per heavy atom. The van der Waals surface area contributed by atoms with E-state index in [4.69, 9.17) is 0 Å². The summed E-state index contributed by atoms with van der Waals surface area (Å²) in [7, 11) is 0. The molecule has 122 valence electrons. The molecule has 2 rings (SSSR count). The third kappa shape index (κ3) is 5.59. The molecule has 2 aliphatic carbocycles. The van der Waals surface area contributed by atoms with E-state index in [-0.39, 0.29) is 17.9 Å². The molecule has 0 spiro atoms. The molecule has 2 aliphatic rings. The van der Waals surface area contributed by atoms with Gasteiger partial charge in [0.2, 0.25) is 5.91 Å². The summed E-state index contributed by atoms with van der Waals surface area (Å²) in [5.74, 6) is 0.116. The van der Waals surface area contributed by atoms with Crippen molar-refractivity contribution in [3.8, 4) is 0 Å². The van der Waals surface area contributed by atoms with Crippen molar-refractivity contribution in [2.45, 2.75) is 76.7 Å². The number of hydrogen-bond donors (Lipinski definition) is 3. The van der Waals surface area contributed by atoms with E-state index in [9.17, 15) is 9.90 Å². The van der Waals surface area contributed by atoms with Gasteiger partial charge in [0.25, 0.3) is 0 Å². The van der Waals surface area contributed by atoms with Crippen LogP contribution < -0.4 is 10.6 Å². The van der Waals surface area contributed by atoms with Crippen LogP contribution in [0.3, 0.4) is 0 Å². The molecule has 4 nitrogen and oxygen atoms in total. The predicted molar refractivity (Wildman–Crippen MR) is 85.1 cm³/mol. The minimum absolute atomic E-state index is 0.0147. The van der Waals surface area contributed by atoms with Gasteiger partial charge in [-0.25, -0.2) is 0 Å². The van der Waals surface area contributed by atoms with E-state index in [0.29, 0.717) is 12.6 Å². The monoisotopic (exact) mass is 296 g/mol. The molecule has 2 fully saturated rings. The Labute approximate surface area is 129 Å². The van der Waals surface area contributed by atoms with Gasteiger partial charge in [0.05, 0.1) is 6.54 Å². The fraction of sp³-hybridized carbons (Fsp3) is 0.941. The van der Waals surface area contributed by atoms with Crippen molar-refractivity contribution >= 4 is 5.91 Å². The summed E-state index contributed by atoms with van der Waals surface area (Å²) in [5.41, 5.74) is 0.0147. The minimum atomic E-state index is 0.0147. The molecule has 0 radical (unpaired) electrons. The number of aliphatic hydroxyl groups is 1. The van der Waals surface area contributed by atoms with Crippen LogP contribution in [0.1, 0.15) is 70.6 Å². The van der Waals surface area contributed by atoms with Gasteiger partial charge in [0, 0.05) is 24.6 Å². The summed E-state index contributed by atoms with van der Waals surface area (Å²) in [4.78, 5) is 12.0. The van der Waals surface area contributed by atoms with Crippen LogP contribution in [0.4, 0.5) is 0 Å². The van der Waals surface area contributed by atoms with E-state index >= 15 is 0 Å². The van der Waals surface area contributed by atoms with E-state index in [1.54, 1.807) is 0 Å². The van der Waals surface area contributed by atoms with Gasteiger partial charge in [-0.3, -0.25) is 4.79 Å². The summed E-state index contributed by atoms with van der Waals surface area (Å²) < 4.78 is 0. The van der Waals surface area contributed by atoms with Crippen LogP contribution >= 0.6 is 0 Å². The number of nitrogens with one attached hydrogen (secondary N) is 2. The number of rotatable bonds is 6. The molecule has 0 atom stereocenters. The first-order valence-corrected chi connectivity index (χ1v) is 8.85. The molecule has 0 aromatic rings. The van der Waals surface area contributed by atoms with Gasteiger partial charge in [0.1, 0.15) is 0 Å². The number of amides is 1. The summed E-state index contributed by atoms with van der Waals surface area (Å²) in [6.45, 7) is 1.39. The first-order chi connectivity index (χ1) is 10.2. The molecule has 0 unspecified atom stereocenters. The SMILES string of the molecule is O=C(CNCC1(CO)CCCCC1)NC1CCCCCC1. The first-order valence-electron chi connectivity index (χ1n) is 8.85. The van der Waals surface area contributed by atoms with Crippen LogP contribution in [0.5, 0.6) is 0 Å². The van der Waals surface area contributed by atoms with E-state index < -0.39 is 0 Å². The standard InChI is InChI=1S/C17H32N2O2/c20-14-17(10-6-3-7-11-17)13-18-12-16(21)19-15-8-4-1-2-5-9-15/h15,18,20H,1-14H2,(H,19,21). The fourth-order valence-electron chi connectivity index (χ4n) is 3.84. The summed E-state index contributed by atoms with van der Waals surface area (Å²) in [6.07, 6.45) is 13.2. The summed E-state index contributed by atoms with van der Waals surface area (Å²) in [6, 6.07) is 0.378. The Kier molecular flexibility index (Phi) is 6.97. The van der Waals surface area contributed by atoms with Gasteiger partial charge >= 0.3 is 0 Å². The molecule has 0 aromatic carbocycles. The smallest absolute Gasteiger partial charge is 0.234 e. The molecule has 0 aromatic heterocycles. The highest BCUT2D eigenvalue weighted by Crippen LogP contribution is 2.35. The van der Waals surface area contributed by atoms with Gasteiger partial charge in [-0.05, 0) is 25.7 Å². The molecule has 4 heteroatoms. The molecular weight excluding hydrogens is 264 g/mol. The zero-order valence-electron chi connectivity index (χ0n) is 13.3. The van der Waals surface area contributed by atoms with Crippen LogP contribution in [0, 0.1) is 5.41 Å². The van der Waals surface area contributed by atoms with Gasteiger partial charge in [-0.15, -0.1) is 0 Å². The Morgan fingerprint density at radius 1 is 1.00 bits per heavy atom. The molecule has 21 heavy (non-hydrogen) atoms. The highest BCUT2D eigenvalue weighted by atomic mass is 16.3. The normalized spacial score (nSPS) is 23.5. The second kappa shape index (κ2) is 8.74. The van der Waals surface area contributed by atoms with Crippen molar-refractivity contribution in [2.75, 3.05) is 19.7 Å². The highest BCUT2D eigenvalue weighted by Gasteiger charge is 2.31. The average Bonchev–Trinajstić information content (AvgIpc) is 2.77. The van der Waals surface area contributed by atoms with Crippen LogP contribution in [-0.2, 0) is 4.79 Å². The molecule has 0 saturated heterocycles. The Bertz CT molecular complexity index is 306. The maximum atomic E-state index is 12.0. The van der Waals surface area contributed by atoms with Crippen LogP contribution in [0.2, 0.25) is 0 Å². The second-order valence-corrected chi connectivity index (χ2v) is 7.08. The van der Waals surface area contributed by atoms with Crippen molar-refractivity contribution in [3.05, 3.63) is 0 Å². The Hall–Kier alpha value is -0.610. The van der Waals surface area contributed by atoms with Crippen molar-refractivity contribution < 1.29 is 9.90 Å². The number of hydrogen-bond acceptors (Lipinski definition) is 3. The van der Waals surface area contributed by atoms with Crippen LogP contribution in [0.15, 0.2) is 0 Å². The number of carbonyl (C=O) groups excluding carboxylic acids is 1.